The molecule has 0 spiro atoms. The summed E-state index contributed by atoms with van der Waals surface area (Å²) in [5.41, 5.74) is 1.72. The Kier molecular flexibility index (Phi) is 10.7. The number of hydrogen-bond donors (Lipinski definition) is 2. The van der Waals surface area contributed by atoms with Gasteiger partial charge in [0.15, 0.2) is 0 Å². The molecule has 0 unspecified atom stereocenters. The monoisotopic (exact) mass is 549 g/mol. The lowest BCUT2D eigenvalue weighted by molar-refractivity contribution is -0.192. The Balaban J connectivity index is 0.000000572. The number of alkyl halides is 3. The first kappa shape index (κ1) is 29.6. The third-order valence-electron chi connectivity index (χ3n) is 5.30. The topological polar surface area (TPSA) is 107 Å². The summed E-state index contributed by atoms with van der Waals surface area (Å²) < 4.78 is 59.7. The largest absolute Gasteiger partial charge is 0.490 e. The van der Waals surface area contributed by atoms with Crippen molar-refractivity contribution in [2.75, 3.05) is 32.7 Å². The summed E-state index contributed by atoms with van der Waals surface area (Å²) in [6.07, 6.45) is -4.26. The molecule has 1 fully saturated rings. The van der Waals surface area contributed by atoms with Gasteiger partial charge in [0, 0.05) is 37.7 Å². The second-order valence-corrected chi connectivity index (χ2v) is 10.1. The molecule has 36 heavy (non-hydrogen) atoms. The van der Waals surface area contributed by atoms with Crippen molar-refractivity contribution in [3.63, 3.8) is 0 Å². The SMILES string of the molecule is CCc1ccc(S(=O)(=O)N(CC(=O)N2CCNCC2)Cc2ccccc2Cl)cc1.O=C(O)C(F)(F)F. The number of nitrogens with zero attached hydrogens (tertiary/aromatic N) is 2. The molecular formula is C23H27ClF3N3O5S. The van der Waals surface area contributed by atoms with Crippen LogP contribution in [0.2, 0.25) is 5.02 Å². The van der Waals surface area contributed by atoms with Crippen LogP contribution < -0.4 is 5.32 Å². The molecule has 1 saturated heterocycles. The third kappa shape index (κ3) is 8.47. The van der Waals surface area contributed by atoms with Gasteiger partial charge in [0.2, 0.25) is 15.9 Å². The van der Waals surface area contributed by atoms with Gasteiger partial charge in [-0.25, -0.2) is 13.2 Å². The van der Waals surface area contributed by atoms with E-state index in [1.165, 1.54) is 4.31 Å². The number of aliphatic carboxylic acids is 1. The van der Waals surface area contributed by atoms with Crippen molar-refractivity contribution in [3.8, 4) is 0 Å². The first-order chi connectivity index (χ1) is 16.9. The van der Waals surface area contributed by atoms with Gasteiger partial charge in [0.1, 0.15) is 0 Å². The van der Waals surface area contributed by atoms with E-state index < -0.39 is 22.2 Å². The average molecular weight is 550 g/mol. The molecular weight excluding hydrogens is 523 g/mol. The van der Waals surface area contributed by atoms with E-state index in [9.17, 15) is 26.4 Å². The zero-order chi connectivity index (χ0) is 26.9. The maximum atomic E-state index is 13.4. The molecule has 2 aromatic carbocycles. The standard InChI is InChI=1S/C21H26ClN3O3S.C2HF3O2/c1-2-17-7-9-19(10-8-17)29(27,28)25(15-18-5-3-4-6-20(18)22)16-21(26)24-13-11-23-12-14-24;3-2(4,5)1(6)7/h3-10,23H,2,11-16H2,1H3;(H,6,7). The maximum absolute atomic E-state index is 13.4. The summed E-state index contributed by atoms with van der Waals surface area (Å²) in [5, 5.41) is 10.8. The Morgan fingerprint density at radius 2 is 1.64 bits per heavy atom. The molecule has 0 radical (unpaired) electrons. The Labute approximate surface area is 212 Å². The number of halogens is 4. The summed E-state index contributed by atoms with van der Waals surface area (Å²) in [6.45, 7) is 4.40. The van der Waals surface area contributed by atoms with E-state index in [2.05, 4.69) is 5.32 Å². The van der Waals surface area contributed by atoms with E-state index in [4.69, 9.17) is 21.5 Å². The lowest BCUT2D eigenvalue weighted by Gasteiger charge is -2.30. The Morgan fingerprint density at radius 3 is 2.14 bits per heavy atom. The van der Waals surface area contributed by atoms with Crippen LogP contribution in [0.1, 0.15) is 18.1 Å². The van der Waals surface area contributed by atoms with Gasteiger partial charge in [-0.3, -0.25) is 4.79 Å². The molecule has 0 saturated carbocycles. The highest BCUT2D eigenvalue weighted by molar-refractivity contribution is 7.89. The van der Waals surface area contributed by atoms with Crippen LogP contribution in [0.15, 0.2) is 53.4 Å². The molecule has 1 amide bonds. The molecule has 1 aliphatic heterocycles. The second-order valence-electron chi connectivity index (χ2n) is 7.80. The normalized spacial score (nSPS) is 14.2. The number of piperazine rings is 1. The summed E-state index contributed by atoms with van der Waals surface area (Å²) in [4.78, 5) is 23.6. The van der Waals surface area contributed by atoms with Crippen molar-refractivity contribution in [3.05, 3.63) is 64.7 Å². The molecule has 3 rings (SSSR count). The van der Waals surface area contributed by atoms with Crippen molar-refractivity contribution < 1.29 is 36.3 Å². The molecule has 1 aliphatic rings. The number of amides is 1. The zero-order valence-electron chi connectivity index (χ0n) is 19.5. The molecule has 13 heteroatoms. The molecule has 0 bridgehead atoms. The van der Waals surface area contributed by atoms with Crippen LogP contribution in [-0.4, -0.2) is 73.5 Å². The van der Waals surface area contributed by atoms with Crippen molar-refractivity contribution in [2.24, 2.45) is 0 Å². The van der Waals surface area contributed by atoms with Crippen molar-refractivity contribution >= 4 is 33.5 Å². The van der Waals surface area contributed by atoms with Gasteiger partial charge in [-0.05, 0) is 35.7 Å². The van der Waals surface area contributed by atoms with Crippen LogP contribution >= 0.6 is 11.6 Å². The summed E-state index contributed by atoms with van der Waals surface area (Å²) in [6, 6.07) is 13.9. The molecule has 0 atom stereocenters. The first-order valence-corrected chi connectivity index (χ1v) is 12.8. The van der Waals surface area contributed by atoms with Crippen LogP contribution in [0.3, 0.4) is 0 Å². The van der Waals surface area contributed by atoms with Crippen LogP contribution in [0.5, 0.6) is 0 Å². The molecule has 1 heterocycles. The maximum Gasteiger partial charge on any atom is 0.490 e. The van der Waals surface area contributed by atoms with Crippen molar-refractivity contribution in [1.29, 1.82) is 0 Å². The highest BCUT2D eigenvalue weighted by Crippen LogP contribution is 2.23. The first-order valence-electron chi connectivity index (χ1n) is 11.0. The highest BCUT2D eigenvalue weighted by atomic mass is 35.5. The zero-order valence-corrected chi connectivity index (χ0v) is 21.0. The van der Waals surface area contributed by atoms with E-state index in [0.717, 1.165) is 12.0 Å². The van der Waals surface area contributed by atoms with E-state index in [1.807, 2.05) is 6.92 Å². The van der Waals surface area contributed by atoms with Gasteiger partial charge < -0.3 is 15.3 Å². The van der Waals surface area contributed by atoms with Gasteiger partial charge in [-0.15, -0.1) is 0 Å². The lowest BCUT2D eigenvalue weighted by Crippen LogP contribution is -2.50. The predicted octanol–water partition coefficient (Wildman–Crippen LogP) is 3.16. The Bertz CT molecular complexity index is 1140. The number of hydrogen-bond acceptors (Lipinski definition) is 5. The van der Waals surface area contributed by atoms with Crippen molar-refractivity contribution in [1.82, 2.24) is 14.5 Å². The summed E-state index contributed by atoms with van der Waals surface area (Å²) in [5.74, 6) is -2.96. The second kappa shape index (κ2) is 13.0. The Hall–Kier alpha value is -2.67. The quantitative estimate of drug-likeness (QED) is 0.549. The van der Waals surface area contributed by atoms with E-state index in [0.29, 0.717) is 36.8 Å². The number of nitrogens with one attached hydrogen (secondary N) is 1. The third-order valence-corrected chi connectivity index (χ3v) is 7.47. The summed E-state index contributed by atoms with van der Waals surface area (Å²) in [7, 11) is -3.86. The van der Waals surface area contributed by atoms with E-state index in [1.54, 1.807) is 53.4 Å². The number of benzene rings is 2. The minimum atomic E-state index is -5.08. The van der Waals surface area contributed by atoms with Gasteiger partial charge in [-0.1, -0.05) is 48.9 Å². The predicted molar refractivity (Wildman–Crippen MR) is 128 cm³/mol. The number of carbonyl (C=O) groups excluding carboxylic acids is 1. The minimum absolute atomic E-state index is 0.0371. The fourth-order valence-electron chi connectivity index (χ4n) is 3.25. The Morgan fingerprint density at radius 1 is 1.08 bits per heavy atom. The van der Waals surface area contributed by atoms with Gasteiger partial charge >= 0.3 is 12.1 Å². The highest BCUT2D eigenvalue weighted by Gasteiger charge is 2.38. The van der Waals surface area contributed by atoms with E-state index >= 15 is 0 Å². The minimum Gasteiger partial charge on any atom is -0.475 e. The lowest BCUT2D eigenvalue weighted by atomic mass is 10.2. The smallest absolute Gasteiger partial charge is 0.475 e. The van der Waals surface area contributed by atoms with Crippen molar-refractivity contribution in [2.45, 2.75) is 31.0 Å². The molecule has 2 N–H and O–H groups in total. The number of carboxylic acid groups (broad SMARTS) is 1. The number of carbonyl (C=O) groups is 2. The van der Waals surface area contributed by atoms with Crippen LogP contribution in [0, 0.1) is 0 Å². The van der Waals surface area contributed by atoms with Crippen LogP contribution in [0.4, 0.5) is 13.2 Å². The summed E-state index contributed by atoms with van der Waals surface area (Å²) >= 11 is 6.26. The van der Waals surface area contributed by atoms with Gasteiger partial charge in [0.25, 0.3) is 0 Å². The molecule has 0 aromatic heterocycles. The van der Waals surface area contributed by atoms with Gasteiger partial charge in [0.05, 0.1) is 11.4 Å². The fraction of sp³-hybridized carbons (Fsp3) is 0.391. The molecule has 8 nitrogen and oxygen atoms in total. The number of aryl methyl sites for hydroxylation is 1. The van der Waals surface area contributed by atoms with Crippen LogP contribution in [-0.2, 0) is 32.6 Å². The average Bonchev–Trinajstić information content (AvgIpc) is 2.85. The van der Waals surface area contributed by atoms with E-state index in [-0.39, 0.29) is 23.9 Å². The molecule has 198 valence electrons. The number of carboxylic acids is 1. The van der Waals surface area contributed by atoms with Gasteiger partial charge in [-0.2, -0.15) is 17.5 Å². The fourth-order valence-corrected chi connectivity index (χ4v) is 4.82. The van der Waals surface area contributed by atoms with Crippen LogP contribution in [0.25, 0.3) is 0 Å². The number of rotatable bonds is 7. The molecule has 2 aromatic rings. The number of sulfonamides is 1. The molecule has 0 aliphatic carbocycles.